The zero-order valence-corrected chi connectivity index (χ0v) is 13.8. The summed E-state index contributed by atoms with van der Waals surface area (Å²) in [4.78, 5) is 2.57. The lowest BCUT2D eigenvalue weighted by Crippen LogP contribution is -2.48. The van der Waals surface area contributed by atoms with E-state index in [2.05, 4.69) is 61.3 Å². The molecule has 2 rings (SSSR count). The molecule has 21 heavy (non-hydrogen) atoms. The van der Waals surface area contributed by atoms with Crippen molar-refractivity contribution in [3.05, 3.63) is 35.9 Å². The average molecular weight is 290 g/mol. The highest BCUT2D eigenvalue weighted by molar-refractivity contribution is 5.24. The fraction of sp³-hybridized carbons (Fsp3) is 0.667. The number of benzene rings is 1. The van der Waals surface area contributed by atoms with Gasteiger partial charge in [-0.1, -0.05) is 37.3 Å². The summed E-state index contributed by atoms with van der Waals surface area (Å²) in [5.74, 6) is 0. The lowest BCUT2D eigenvalue weighted by molar-refractivity contribution is 0.0819. The second-order valence-corrected chi connectivity index (χ2v) is 6.35. The minimum Gasteiger partial charge on any atom is -0.380 e. The maximum atomic E-state index is 5.69. The van der Waals surface area contributed by atoms with Crippen molar-refractivity contribution < 1.29 is 4.74 Å². The Morgan fingerprint density at radius 3 is 2.76 bits per heavy atom. The molecule has 0 saturated carbocycles. The lowest BCUT2D eigenvalue weighted by atomic mass is 9.91. The van der Waals surface area contributed by atoms with Gasteiger partial charge in [0.25, 0.3) is 0 Å². The molecule has 1 fully saturated rings. The van der Waals surface area contributed by atoms with E-state index < -0.39 is 0 Å². The molecule has 0 spiro atoms. The first kappa shape index (κ1) is 16.5. The largest absolute Gasteiger partial charge is 0.380 e. The van der Waals surface area contributed by atoms with Crippen LogP contribution >= 0.6 is 0 Å². The Bertz CT molecular complexity index is 409. The molecule has 118 valence electrons. The number of hydrogen-bond donors (Lipinski definition) is 1. The zero-order chi connectivity index (χ0) is 15.1. The average Bonchev–Trinajstić information content (AvgIpc) is 2.65. The molecule has 1 aliphatic rings. The molecule has 1 N–H and O–H groups in total. The van der Waals surface area contributed by atoms with Gasteiger partial charge in [0, 0.05) is 25.7 Å². The van der Waals surface area contributed by atoms with Crippen LogP contribution in [0.5, 0.6) is 0 Å². The first-order chi connectivity index (χ1) is 10.2. The zero-order valence-electron chi connectivity index (χ0n) is 13.8. The minimum absolute atomic E-state index is 0.0246. The van der Waals surface area contributed by atoms with Gasteiger partial charge in [0.15, 0.2) is 0 Å². The fourth-order valence-electron chi connectivity index (χ4n) is 3.08. The van der Waals surface area contributed by atoms with Crippen LogP contribution in [0.15, 0.2) is 30.3 Å². The molecule has 0 aliphatic carbocycles. The first-order valence-corrected chi connectivity index (χ1v) is 8.28. The molecule has 0 aromatic heterocycles. The smallest absolute Gasteiger partial charge is 0.0593 e. The van der Waals surface area contributed by atoms with E-state index in [1.165, 1.54) is 12.0 Å². The van der Waals surface area contributed by atoms with Gasteiger partial charge in [0.1, 0.15) is 0 Å². The molecule has 1 aliphatic heterocycles. The van der Waals surface area contributed by atoms with Gasteiger partial charge in [-0.25, -0.2) is 0 Å². The van der Waals surface area contributed by atoms with E-state index in [0.29, 0.717) is 6.04 Å². The van der Waals surface area contributed by atoms with Gasteiger partial charge in [-0.2, -0.15) is 0 Å². The third-order valence-corrected chi connectivity index (χ3v) is 4.50. The summed E-state index contributed by atoms with van der Waals surface area (Å²) in [5.41, 5.74) is 1.40. The molecule has 2 atom stereocenters. The van der Waals surface area contributed by atoms with Crippen molar-refractivity contribution in [2.75, 3.05) is 32.8 Å². The maximum Gasteiger partial charge on any atom is 0.0593 e. The van der Waals surface area contributed by atoms with Gasteiger partial charge in [-0.3, -0.25) is 4.90 Å². The molecule has 1 heterocycles. The highest BCUT2D eigenvalue weighted by atomic mass is 16.5. The van der Waals surface area contributed by atoms with E-state index in [1.54, 1.807) is 0 Å². The Hall–Kier alpha value is -0.900. The number of nitrogens with one attached hydrogen (secondary N) is 1. The van der Waals surface area contributed by atoms with Crippen molar-refractivity contribution in [2.45, 2.75) is 45.2 Å². The van der Waals surface area contributed by atoms with Crippen LogP contribution in [0.2, 0.25) is 0 Å². The molecule has 3 nitrogen and oxygen atoms in total. The van der Waals surface area contributed by atoms with Gasteiger partial charge >= 0.3 is 0 Å². The quantitative estimate of drug-likeness (QED) is 0.815. The van der Waals surface area contributed by atoms with Crippen molar-refractivity contribution in [1.82, 2.24) is 10.2 Å². The molecule has 2 unspecified atom stereocenters. The number of ether oxygens (including phenoxy) is 1. The van der Waals surface area contributed by atoms with Crippen LogP contribution in [-0.2, 0) is 10.3 Å². The maximum absolute atomic E-state index is 5.69. The van der Waals surface area contributed by atoms with Crippen molar-refractivity contribution in [3.63, 3.8) is 0 Å². The Labute approximate surface area is 129 Å². The normalized spacial score (nSPS) is 27.5. The minimum atomic E-state index is 0.0246. The summed E-state index contributed by atoms with van der Waals surface area (Å²) in [6.07, 6.45) is 2.29. The second-order valence-electron chi connectivity index (χ2n) is 6.35. The van der Waals surface area contributed by atoms with E-state index >= 15 is 0 Å². The van der Waals surface area contributed by atoms with Gasteiger partial charge < -0.3 is 10.1 Å². The lowest BCUT2D eigenvalue weighted by Gasteiger charge is -2.36. The third-order valence-electron chi connectivity index (χ3n) is 4.50. The van der Waals surface area contributed by atoms with Gasteiger partial charge in [0.05, 0.1) is 12.1 Å². The van der Waals surface area contributed by atoms with Crippen LogP contribution in [0, 0.1) is 0 Å². The van der Waals surface area contributed by atoms with E-state index in [1.807, 2.05) is 0 Å². The Kier molecular flexibility index (Phi) is 6.22. The van der Waals surface area contributed by atoms with Gasteiger partial charge in [0.2, 0.25) is 0 Å². The summed E-state index contributed by atoms with van der Waals surface area (Å²) in [6.45, 7) is 11.6. The van der Waals surface area contributed by atoms with E-state index in [0.717, 1.165) is 39.3 Å². The topological polar surface area (TPSA) is 24.5 Å². The molecule has 1 aromatic carbocycles. The van der Waals surface area contributed by atoms with Crippen molar-refractivity contribution in [2.24, 2.45) is 0 Å². The summed E-state index contributed by atoms with van der Waals surface area (Å²) < 4.78 is 5.69. The van der Waals surface area contributed by atoms with Crippen molar-refractivity contribution in [3.8, 4) is 0 Å². The van der Waals surface area contributed by atoms with Crippen molar-refractivity contribution >= 4 is 0 Å². The Morgan fingerprint density at radius 1 is 1.29 bits per heavy atom. The summed E-state index contributed by atoms with van der Waals surface area (Å²) in [6, 6.07) is 11.4. The van der Waals surface area contributed by atoms with Crippen LogP contribution in [0.25, 0.3) is 0 Å². The number of rotatable bonds is 6. The van der Waals surface area contributed by atoms with Crippen LogP contribution in [0.4, 0.5) is 0 Å². The van der Waals surface area contributed by atoms with Crippen LogP contribution in [0.3, 0.4) is 0 Å². The predicted molar refractivity (Wildman–Crippen MR) is 88.6 cm³/mol. The SMILES string of the molecule is CCCOCCN1CC(C)(c2ccccc2)NCCC1C. The highest BCUT2D eigenvalue weighted by Crippen LogP contribution is 2.25. The van der Waals surface area contributed by atoms with Crippen LogP contribution in [0.1, 0.15) is 39.2 Å². The number of nitrogens with zero attached hydrogens (tertiary/aromatic N) is 1. The molecule has 0 bridgehead atoms. The molecule has 1 aromatic rings. The van der Waals surface area contributed by atoms with Gasteiger partial charge in [-0.05, 0) is 38.8 Å². The molecule has 0 radical (unpaired) electrons. The van der Waals surface area contributed by atoms with E-state index in [-0.39, 0.29) is 5.54 Å². The molecular formula is C18H30N2O. The van der Waals surface area contributed by atoms with E-state index in [9.17, 15) is 0 Å². The first-order valence-electron chi connectivity index (χ1n) is 8.28. The predicted octanol–water partition coefficient (Wildman–Crippen LogP) is 3.01. The number of hydrogen-bond acceptors (Lipinski definition) is 3. The van der Waals surface area contributed by atoms with Crippen LogP contribution in [-0.4, -0.2) is 43.8 Å². The summed E-state index contributed by atoms with van der Waals surface area (Å²) >= 11 is 0. The Balaban J connectivity index is 2.03. The molecule has 3 heteroatoms. The standard InChI is InChI=1S/C18H30N2O/c1-4-13-21-14-12-20-15-18(3,19-11-10-16(20)2)17-8-6-5-7-9-17/h5-9,16,19H,4,10-15H2,1-3H3. The third kappa shape index (κ3) is 4.53. The van der Waals surface area contributed by atoms with Gasteiger partial charge in [-0.15, -0.1) is 0 Å². The Morgan fingerprint density at radius 2 is 2.05 bits per heavy atom. The highest BCUT2D eigenvalue weighted by Gasteiger charge is 2.32. The molecule has 0 amide bonds. The summed E-state index contributed by atoms with van der Waals surface area (Å²) in [7, 11) is 0. The van der Waals surface area contributed by atoms with Crippen LogP contribution < -0.4 is 5.32 Å². The molecular weight excluding hydrogens is 260 g/mol. The second kappa shape index (κ2) is 7.92. The van der Waals surface area contributed by atoms with E-state index in [4.69, 9.17) is 4.74 Å². The fourth-order valence-corrected chi connectivity index (χ4v) is 3.08. The monoisotopic (exact) mass is 290 g/mol. The molecule has 1 saturated heterocycles. The van der Waals surface area contributed by atoms with Crippen molar-refractivity contribution in [1.29, 1.82) is 0 Å². The summed E-state index contributed by atoms with van der Waals surface area (Å²) in [5, 5.41) is 3.75.